The van der Waals surface area contributed by atoms with Crippen molar-refractivity contribution in [2.75, 3.05) is 0 Å². The quantitative estimate of drug-likeness (QED) is 0.508. The van der Waals surface area contributed by atoms with Crippen LogP contribution in [-0.4, -0.2) is 9.97 Å². The summed E-state index contributed by atoms with van der Waals surface area (Å²) >= 11 is 0. The zero-order valence-electron chi connectivity index (χ0n) is 12.0. The highest BCUT2D eigenvalue weighted by Crippen LogP contribution is 2.31. The Morgan fingerprint density at radius 1 is 0.875 bits per heavy atom. The number of oxazole rings is 1. The first-order valence-electron chi connectivity index (χ1n) is 7.00. The number of aromatic nitrogens is 2. The van der Waals surface area contributed by atoms with Crippen molar-refractivity contribution in [3.63, 3.8) is 0 Å². The van der Waals surface area contributed by atoms with Crippen molar-refractivity contribution in [2.24, 2.45) is 0 Å². The Kier molecular flexibility index (Phi) is 3.16. The number of hydrogen-bond acceptors (Lipinski definition) is 4. The predicted molar refractivity (Wildman–Crippen MR) is 80.8 cm³/mol. The Morgan fingerprint density at radius 2 is 1.67 bits per heavy atom. The Labute approximate surface area is 133 Å². The molecule has 0 saturated heterocycles. The van der Waals surface area contributed by atoms with Crippen molar-refractivity contribution in [1.82, 2.24) is 9.97 Å². The van der Waals surface area contributed by atoms with Crippen molar-refractivity contribution < 1.29 is 22.3 Å². The van der Waals surface area contributed by atoms with Crippen LogP contribution in [0.15, 0.2) is 59.0 Å². The van der Waals surface area contributed by atoms with Gasteiger partial charge in [0, 0.05) is 11.5 Å². The van der Waals surface area contributed by atoms with Gasteiger partial charge in [-0.1, -0.05) is 18.2 Å². The monoisotopic (exact) mass is 330 g/mol. The molecule has 0 saturated carbocycles. The molecular weight excluding hydrogens is 321 g/mol. The van der Waals surface area contributed by atoms with Crippen LogP contribution in [0.3, 0.4) is 0 Å². The van der Waals surface area contributed by atoms with Crippen molar-refractivity contribution in [3.8, 4) is 11.8 Å². The van der Waals surface area contributed by atoms with Crippen LogP contribution in [0.2, 0.25) is 0 Å². The van der Waals surface area contributed by atoms with Crippen LogP contribution >= 0.6 is 0 Å². The molecule has 0 N–H and O–H groups in total. The van der Waals surface area contributed by atoms with Gasteiger partial charge in [0.25, 0.3) is 0 Å². The van der Waals surface area contributed by atoms with Crippen LogP contribution in [0.25, 0.3) is 22.0 Å². The molecule has 0 radical (unpaired) electrons. The van der Waals surface area contributed by atoms with Gasteiger partial charge in [0.1, 0.15) is 17.0 Å². The molecule has 0 spiro atoms. The number of benzene rings is 2. The van der Waals surface area contributed by atoms with Gasteiger partial charge in [-0.3, -0.25) is 0 Å². The van der Waals surface area contributed by atoms with E-state index in [0.29, 0.717) is 22.2 Å². The van der Waals surface area contributed by atoms with E-state index in [4.69, 9.17) is 9.15 Å². The van der Waals surface area contributed by atoms with Crippen LogP contribution in [0.4, 0.5) is 13.2 Å². The molecule has 0 aliphatic heterocycles. The molecule has 0 atom stereocenters. The molecule has 4 nitrogen and oxygen atoms in total. The smallest absolute Gasteiger partial charge is 0.411 e. The number of hydrogen-bond donors (Lipinski definition) is 0. The maximum Gasteiger partial charge on any atom is 0.433 e. The Bertz CT molecular complexity index is 1010. The molecule has 7 heteroatoms. The summed E-state index contributed by atoms with van der Waals surface area (Å²) in [4.78, 5) is 7.79. The summed E-state index contributed by atoms with van der Waals surface area (Å²) in [6, 6.07) is 14.1. The predicted octanol–water partition coefficient (Wildman–Crippen LogP) is 5.19. The lowest BCUT2D eigenvalue weighted by molar-refractivity contribution is -0.140. The minimum atomic E-state index is -4.49. The maximum atomic E-state index is 12.8. The number of pyridine rings is 1. The first kappa shape index (κ1) is 14.5. The zero-order chi connectivity index (χ0) is 16.7. The second-order valence-electron chi connectivity index (χ2n) is 5.10. The van der Waals surface area contributed by atoms with Gasteiger partial charge in [-0.2, -0.15) is 18.2 Å². The molecule has 4 rings (SSSR count). The van der Waals surface area contributed by atoms with E-state index in [1.807, 2.05) is 6.07 Å². The van der Waals surface area contributed by atoms with Gasteiger partial charge in [-0.15, -0.1) is 0 Å². The van der Waals surface area contributed by atoms with Gasteiger partial charge in [-0.05, 0) is 30.3 Å². The molecule has 2 heterocycles. The van der Waals surface area contributed by atoms with Crippen LogP contribution < -0.4 is 4.74 Å². The Balaban J connectivity index is 1.71. The summed E-state index contributed by atoms with van der Waals surface area (Å²) < 4.78 is 49.2. The first-order chi connectivity index (χ1) is 11.5. The van der Waals surface area contributed by atoms with Crippen molar-refractivity contribution in [3.05, 3.63) is 60.3 Å². The van der Waals surface area contributed by atoms with E-state index in [-0.39, 0.29) is 11.6 Å². The fraction of sp³-hybridized carbons (Fsp3) is 0.0588. The highest BCUT2D eigenvalue weighted by molar-refractivity contribution is 5.80. The fourth-order valence-corrected chi connectivity index (χ4v) is 2.31. The average molecular weight is 330 g/mol. The average Bonchev–Trinajstić information content (AvgIpc) is 2.95. The molecule has 4 aromatic rings. The highest BCUT2D eigenvalue weighted by atomic mass is 19.4. The molecule has 0 aliphatic carbocycles. The molecule has 0 aliphatic rings. The van der Waals surface area contributed by atoms with Gasteiger partial charge in [-0.25, -0.2) is 4.98 Å². The number of fused-ring (bicyclic) bond motifs is 2. The normalized spacial score (nSPS) is 12.0. The summed E-state index contributed by atoms with van der Waals surface area (Å²) in [5.74, 6) is 0.292. The molecule has 0 unspecified atom stereocenters. The minimum Gasteiger partial charge on any atom is -0.411 e. The number of alkyl halides is 3. The van der Waals surface area contributed by atoms with Gasteiger partial charge in [0.05, 0.1) is 5.52 Å². The molecule has 0 amide bonds. The summed E-state index contributed by atoms with van der Waals surface area (Å²) in [5, 5.41) is 0.577. The van der Waals surface area contributed by atoms with Gasteiger partial charge < -0.3 is 9.15 Å². The molecule has 24 heavy (non-hydrogen) atoms. The number of ether oxygens (including phenoxy) is 1. The van der Waals surface area contributed by atoms with Crippen molar-refractivity contribution >= 4 is 22.0 Å². The number of para-hydroxylation sites is 2. The van der Waals surface area contributed by atoms with E-state index in [9.17, 15) is 13.2 Å². The van der Waals surface area contributed by atoms with Crippen LogP contribution in [0, 0.1) is 0 Å². The lowest BCUT2D eigenvalue weighted by Gasteiger charge is -2.07. The third kappa shape index (κ3) is 2.64. The summed E-state index contributed by atoms with van der Waals surface area (Å²) in [6.45, 7) is 0. The SMILES string of the molecule is FC(F)(F)c1ccc2ccc(Oc3nc4ccccc4o3)cc2n1. The minimum absolute atomic E-state index is 0.0162. The number of halogens is 3. The first-order valence-corrected chi connectivity index (χ1v) is 7.00. The van der Waals surface area contributed by atoms with Crippen molar-refractivity contribution in [2.45, 2.75) is 6.18 Å². The van der Waals surface area contributed by atoms with E-state index < -0.39 is 11.9 Å². The summed E-state index contributed by atoms with van der Waals surface area (Å²) in [7, 11) is 0. The molecule has 120 valence electrons. The van der Waals surface area contributed by atoms with Gasteiger partial charge in [0.15, 0.2) is 5.58 Å². The largest absolute Gasteiger partial charge is 0.433 e. The van der Waals surface area contributed by atoms with Crippen LogP contribution in [0.5, 0.6) is 11.8 Å². The number of rotatable bonds is 2. The third-order valence-corrected chi connectivity index (χ3v) is 3.43. The molecule has 2 aromatic heterocycles. The Hall–Kier alpha value is -3.09. The zero-order valence-corrected chi connectivity index (χ0v) is 12.0. The summed E-state index contributed by atoms with van der Waals surface area (Å²) in [5.41, 5.74) is 0.420. The second kappa shape index (κ2) is 5.23. The van der Waals surface area contributed by atoms with E-state index in [1.54, 1.807) is 30.3 Å². The molecule has 0 fully saturated rings. The second-order valence-corrected chi connectivity index (χ2v) is 5.10. The standard InChI is InChI=1S/C17H9F3N2O2/c18-17(19,20)15-8-6-10-5-7-11(9-13(10)21-15)23-16-22-12-3-1-2-4-14(12)24-16/h1-9H. The van der Waals surface area contributed by atoms with Crippen LogP contribution in [-0.2, 0) is 6.18 Å². The molecule has 2 aromatic carbocycles. The summed E-state index contributed by atoms with van der Waals surface area (Å²) in [6.07, 6.45) is -4.48. The lowest BCUT2D eigenvalue weighted by atomic mass is 10.2. The third-order valence-electron chi connectivity index (χ3n) is 3.43. The maximum absolute atomic E-state index is 12.8. The van der Waals surface area contributed by atoms with E-state index >= 15 is 0 Å². The fourth-order valence-electron chi connectivity index (χ4n) is 2.31. The van der Waals surface area contributed by atoms with E-state index in [2.05, 4.69) is 9.97 Å². The van der Waals surface area contributed by atoms with E-state index in [1.165, 1.54) is 12.1 Å². The number of nitrogens with zero attached hydrogens (tertiary/aromatic N) is 2. The van der Waals surface area contributed by atoms with E-state index in [0.717, 1.165) is 6.07 Å². The lowest BCUT2D eigenvalue weighted by Crippen LogP contribution is -2.07. The Morgan fingerprint density at radius 3 is 2.46 bits per heavy atom. The van der Waals surface area contributed by atoms with Gasteiger partial charge >= 0.3 is 12.3 Å². The van der Waals surface area contributed by atoms with Gasteiger partial charge in [0.2, 0.25) is 0 Å². The molecular formula is C17H9F3N2O2. The van der Waals surface area contributed by atoms with Crippen LogP contribution in [0.1, 0.15) is 5.69 Å². The topological polar surface area (TPSA) is 48.2 Å². The van der Waals surface area contributed by atoms with Crippen molar-refractivity contribution in [1.29, 1.82) is 0 Å². The highest BCUT2D eigenvalue weighted by Gasteiger charge is 2.32. The molecule has 0 bridgehead atoms.